The molecule has 4 rings (SSSR count). The lowest BCUT2D eigenvalue weighted by Gasteiger charge is -2.38. The minimum atomic E-state index is -0.208. The summed E-state index contributed by atoms with van der Waals surface area (Å²) in [7, 11) is 0. The van der Waals surface area contributed by atoms with Crippen LogP contribution in [0, 0.1) is 11.8 Å². The number of rotatable bonds is 5. The predicted molar refractivity (Wildman–Crippen MR) is 119 cm³/mol. The lowest BCUT2D eigenvalue weighted by molar-refractivity contribution is 0.159. The fraction of sp³-hybridized carbons (Fsp3) is 0.565. The van der Waals surface area contributed by atoms with Crippen molar-refractivity contribution in [2.75, 3.05) is 37.6 Å². The summed E-state index contributed by atoms with van der Waals surface area (Å²) >= 11 is 6.53. The summed E-state index contributed by atoms with van der Waals surface area (Å²) in [4.78, 5) is 17.7. The molecular weight excluding hydrogens is 384 g/mol. The smallest absolute Gasteiger partial charge is 0.287 e. The van der Waals surface area contributed by atoms with Crippen molar-refractivity contribution >= 4 is 17.3 Å². The highest BCUT2D eigenvalue weighted by Gasteiger charge is 2.26. The van der Waals surface area contributed by atoms with Crippen molar-refractivity contribution < 1.29 is 0 Å². The monoisotopic (exact) mass is 414 g/mol. The Morgan fingerprint density at radius 1 is 1.10 bits per heavy atom. The molecule has 2 aromatic rings. The van der Waals surface area contributed by atoms with Crippen molar-refractivity contribution in [3.63, 3.8) is 0 Å². The average molecular weight is 415 g/mol. The lowest BCUT2D eigenvalue weighted by atomic mass is 9.94. The number of aromatic nitrogens is 2. The third kappa shape index (κ3) is 5.01. The zero-order valence-corrected chi connectivity index (χ0v) is 18.0. The molecule has 1 aromatic heterocycles. The van der Waals surface area contributed by atoms with E-state index in [0.29, 0.717) is 17.5 Å². The van der Waals surface area contributed by atoms with Crippen LogP contribution in [0.2, 0.25) is 5.02 Å². The summed E-state index contributed by atoms with van der Waals surface area (Å²) in [6.45, 7) is 8.28. The van der Waals surface area contributed by atoms with Crippen molar-refractivity contribution in [3.8, 4) is 0 Å². The molecule has 2 aliphatic heterocycles. The van der Waals surface area contributed by atoms with Gasteiger partial charge in [0.15, 0.2) is 0 Å². The summed E-state index contributed by atoms with van der Waals surface area (Å²) in [6, 6.07) is 9.88. The molecule has 0 amide bonds. The number of likely N-dealkylation sites (tertiary alicyclic amines) is 1. The largest absolute Gasteiger partial charge is 0.369 e. The normalized spacial score (nSPS) is 21.4. The predicted octanol–water partition coefficient (Wildman–Crippen LogP) is 3.89. The minimum Gasteiger partial charge on any atom is -0.369 e. The molecule has 0 bridgehead atoms. The summed E-state index contributed by atoms with van der Waals surface area (Å²) < 4.78 is 1.46. The molecule has 0 spiro atoms. The first-order chi connectivity index (χ1) is 14.1. The van der Waals surface area contributed by atoms with E-state index >= 15 is 0 Å². The van der Waals surface area contributed by atoms with Gasteiger partial charge in [-0.05, 0) is 56.2 Å². The van der Waals surface area contributed by atoms with Gasteiger partial charge < -0.3 is 9.80 Å². The van der Waals surface area contributed by atoms with Gasteiger partial charge in [-0.15, -0.1) is 0 Å². The number of hydrogen-bond acceptors (Lipinski definition) is 4. The molecule has 2 aliphatic rings. The fourth-order valence-electron chi connectivity index (χ4n) is 4.59. The zero-order chi connectivity index (χ0) is 20.2. The van der Waals surface area contributed by atoms with Gasteiger partial charge in [0.25, 0.3) is 5.56 Å². The topological polar surface area (TPSA) is 41.4 Å². The molecule has 1 aromatic carbocycles. The summed E-state index contributed by atoms with van der Waals surface area (Å²) in [5.74, 6) is 1.49. The Bertz CT molecular complexity index is 861. The maximum absolute atomic E-state index is 12.8. The van der Waals surface area contributed by atoms with Crippen LogP contribution in [0.5, 0.6) is 0 Å². The number of hydrogen-bond donors (Lipinski definition) is 0. The van der Waals surface area contributed by atoms with E-state index in [2.05, 4.69) is 21.8 Å². The SMILES string of the molecule is CC1CCN(CC2CCCN(c3cnn(Cc4ccccc4)c(=O)c3Cl)C2)CC1. The molecule has 1 unspecified atom stereocenters. The van der Waals surface area contributed by atoms with E-state index in [1.54, 1.807) is 6.20 Å². The Morgan fingerprint density at radius 3 is 2.62 bits per heavy atom. The van der Waals surface area contributed by atoms with Crippen LogP contribution in [0.1, 0.15) is 38.2 Å². The van der Waals surface area contributed by atoms with Crippen molar-refractivity contribution in [1.29, 1.82) is 0 Å². The van der Waals surface area contributed by atoms with E-state index in [4.69, 9.17) is 11.6 Å². The Morgan fingerprint density at radius 2 is 1.86 bits per heavy atom. The van der Waals surface area contributed by atoms with Gasteiger partial charge in [0.2, 0.25) is 0 Å². The van der Waals surface area contributed by atoms with Crippen LogP contribution in [0.15, 0.2) is 41.3 Å². The van der Waals surface area contributed by atoms with Gasteiger partial charge in [-0.1, -0.05) is 48.9 Å². The van der Waals surface area contributed by atoms with Gasteiger partial charge in [-0.3, -0.25) is 4.79 Å². The Kier molecular flexibility index (Phi) is 6.56. The van der Waals surface area contributed by atoms with Gasteiger partial charge in [0, 0.05) is 19.6 Å². The lowest BCUT2D eigenvalue weighted by Crippen LogP contribution is -2.43. The zero-order valence-electron chi connectivity index (χ0n) is 17.3. The van der Waals surface area contributed by atoms with E-state index < -0.39 is 0 Å². The van der Waals surface area contributed by atoms with Crippen LogP contribution in [0.3, 0.4) is 0 Å². The Labute approximate surface area is 178 Å². The van der Waals surface area contributed by atoms with Crippen molar-refractivity contribution in [2.24, 2.45) is 11.8 Å². The van der Waals surface area contributed by atoms with E-state index in [0.717, 1.165) is 43.2 Å². The standard InChI is InChI=1S/C23H31ClN4O/c1-18-9-12-26(13-10-18)15-20-8-5-11-27(16-20)21-14-25-28(23(29)22(21)24)17-19-6-3-2-4-7-19/h2-4,6-7,14,18,20H,5,8-13,15-17H2,1H3. The third-order valence-electron chi connectivity index (χ3n) is 6.39. The fourth-order valence-corrected chi connectivity index (χ4v) is 4.85. The summed E-state index contributed by atoms with van der Waals surface area (Å²) in [5.41, 5.74) is 1.62. The molecule has 2 saturated heterocycles. The van der Waals surface area contributed by atoms with Gasteiger partial charge >= 0.3 is 0 Å². The van der Waals surface area contributed by atoms with Crippen molar-refractivity contribution in [2.45, 2.75) is 39.2 Å². The molecule has 6 heteroatoms. The molecule has 29 heavy (non-hydrogen) atoms. The van der Waals surface area contributed by atoms with Gasteiger partial charge in [-0.2, -0.15) is 5.10 Å². The first-order valence-corrected chi connectivity index (χ1v) is 11.2. The second-order valence-corrected chi connectivity index (χ2v) is 9.11. The van der Waals surface area contributed by atoms with Crippen LogP contribution in [0.4, 0.5) is 5.69 Å². The van der Waals surface area contributed by atoms with Crippen LogP contribution < -0.4 is 10.5 Å². The molecule has 3 heterocycles. The third-order valence-corrected chi connectivity index (χ3v) is 6.75. The Hall–Kier alpha value is -1.85. The van der Waals surface area contributed by atoms with Crippen LogP contribution in [-0.2, 0) is 6.54 Å². The molecule has 0 saturated carbocycles. The summed E-state index contributed by atoms with van der Waals surface area (Å²) in [5, 5.41) is 4.72. The van der Waals surface area contributed by atoms with E-state index in [9.17, 15) is 4.79 Å². The molecule has 0 N–H and O–H groups in total. The molecule has 0 aliphatic carbocycles. The maximum Gasteiger partial charge on any atom is 0.287 e. The minimum absolute atomic E-state index is 0.208. The number of nitrogens with zero attached hydrogens (tertiary/aromatic N) is 4. The van der Waals surface area contributed by atoms with Crippen molar-refractivity contribution in [3.05, 3.63) is 57.5 Å². The quantitative estimate of drug-likeness (QED) is 0.744. The highest BCUT2D eigenvalue weighted by molar-refractivity contribution is 6.33. The summed E-state index contributed by atoms with van der Waals surface area (Å²) in [6.07, 6.45) is 6.78. The Balaban J connectivity index is 1.43. The second kappa shape index (κ2) is 9.31. The molecule has 5 nitrogen and oxygen atoms in total. The van der Waals surface area contributed by atoms with E-state index in [1.807, 2.05) is 30.3 Å². The molecule has 0 radical (unpaired) electrons. The molecular formula is C23H31ClN4O. The molecule has 2 fully saturated rings. The number of piperidine rings is 2. The highest BCUT2D eigenvalue weighted by Crippen LogP contribution is 2.28. The first-order valence-electron chi connectivity index (χ1n) is 10.9. The highest BCUT2D eigenvalue weighted by atomic mass is 35.5. The molecule has 156 valence electrons. The molecule has 1 atom stereocenters. The van der Waals surface area contributed by atoms with Crippen LogP contribution in [-0.4, -0.2) is 47.4 Å². The van der Waals surface area contributed by atoms with Gasteiger partial charge in [-0.25, -0.2) is 4.68 Å². The van der Waals surface area contributed by atoms with Gasteiger partial charge in [0.05, 0.1) is 18.4 Å². The van der Waals surface area contributed by atoms with E-state index in [1.165, 1.54) is 37.0 Å². The average Bonchev–Trinajstić information content (AvgIpc) is 2.74. The first kappa shape index (κ1) is 20.4. The van der Waals surface area contributed by atoms with E-state index in [-0.39, 0.29) is 5.56 Å². The number of benzene rings is 1. The number of anilines is 1. The maximum atomic E-state index is 12.8. The number of halogens is 1. The van der Waals surface area contributed by atoms with Crippen LogP contribution >= 0.6 is 11.6 Å². The van der Waals surface area contributed by atoms with Crippen molar-refractivity contribution in [1.82, 2.24) is 14.7 Å². The second-order valence-electron chi connectivity index (χ2n) is 8.73. The van der Waals surface area contributed by atoms with Crippen LogP contribution in [0.25, 0.3) is 0 Å². The van der Waals surface area contributed by atoms with Gasteiger partial charge in [0.1, 0.15) is 5.02 Å².